The van der Waals surface area contributed by atoms with Crippen molar-refractivity contribution in [1.82, 2.24) is 4.31 Å². The molecule has 1 aromatic rings. The quantitative estimate of drug-likeness (QED) is 0.712. The topological polar surface area (TPSA) is 93.2 Å². The third-order valence-corrected chi connectivity index (χ3v) is 6.08. The van der Waals surface area contributed by atoms with Crippen LogP contribution in [-0.4, -0.2) is 63.7 Å². The lowest BCUT2D eigenvalue weighted by Gasteiger charge is -2.37. The number of piperidine rings is 1. The molecule has 1 saturated heterocycles. The maximum atomic E-state index is 13.1. The van der Waals surface area contributed by atoms with Gasteiger partial charge in [-0.15, -0.1) is 0 Å². The molecule has 9 heteroatoms. The number of carbonyl (C=O) groups is 2. The third kappa shape index (κ3) is 3.68. The van der Waals surface area contributed by atoms with Crippen LogP contribution in [0.4, 0.5) is 5.69 Å². The van der Waals surface area contributed by atoms with Crippen molar-refractivity contribution in [3.05, 3.63) is 24.3 Å². The van der Waals surface area contributed by atoms with Gasteiger partial charge in [-0.3, -0.25) is 4.79 Å². The largest absolute Gasteiger partial charge is 0.475 e. The fraction of sp³-hybridized carbons (Fsp3) is 0.529. The molecule has 1 atom stereocenters. The van der Waals surface area contributed by atoms with Crippen LogP contribution in [0.15, 0.2) is 24.3 Å². The molecule has 0 aromatic heterocycles. The SMILES string of the molecule is COC(=O)[C@H]1CN(C(=O)C2CCN(S(C)(=O)=O)CC2)c2ccccc2O1. The maximum Gasteiger partial charge on any atom is 0.348 e. The van der Waals surface area contributed by atoms with Gasteiger partial charge in [0.25, 0.3) is 0 Å². The number of anilines is 1. The fourth-order valence-corrected chi connectivity index (χ4v) is 4.23. The Hall–Kier alpha value is -2.13. The average Bonchev–Trinajstić information content (AvgIpc) is 2.65. The van der Waals surface area contributed by atoms with E-state index in [1.165, 1.54) is 17.7 Å². The average molecular weight is 382 g/mol. The first kappa shape index (κ1) is 18.7. The van der Waals surface area contributed by atoms with E-state index in [2.05, 4.69) is 0 Å². The minimum atomic E-state index is -3.24. The highest BCUT2D eigenvalue weighted by Crippen LogP contribution is 2.35. The van der Waals surface area contributed by atoms with Crippen molar-refractivity contribution in [2.24, 2.45) is 5.92 Å². The van der Waals surface area contributed by atoms with Gasteiger partial charge in [-0.2, -0.15) is 0 Å². The lowest BCUT2D eigenvalue weighted by atomic mass is 9.95. The van der Waals surface area contributed by atoms with Gasteiger partial charge in [-0.1, -0.05) is 12.1 Å². The molecule has 0 saturated carbocycles. The normalized spacial score (nSPS) is 21.6. The Bertz CT molecular complexity index is 801. The molecule has 2 heterocycles. The van der Waals surface area contributed by atoms with Crippen molar-refractivity contribution in [3.63, 3.8) is 0 Å². The van der Waals surface area contributed by atoms with Crippen molar-refractivity contribution in [3.8, 4) is 5.75 Å². The monoisotopic (exact) mass is 382 g/mol. The fourth-order valence-electron chi connectivity index (χ4n) is 3.35. The molecular weight excluding hydrogens is 360 g/mol. The van der Waals surface area contributed by atoms with Gasteiger partial charge in [-0.25, -0.2) is 17.5 Å². The van der Waals surface area contributed by atoms with Crippen molar-refractivity contribution in [2.75, 3.05) is 37.9 Å². The predicted molar refractivity (Wildman–Crippen MR) is 94.4 cm³/mol. The molecule has 1 aromatic carbocycles. The number of fused-ring (bicyclic) bond motifs is 1. The first-order chi connectivity index (χ1) is 12.3. The van der Waals surface area contributed by atoms with Crippen LogP contribution >= 0.6 is 0 Å². The van der Waals surface area contributed by atoms with Gasteiger partial charge in [0.15, 0.2) is 0 Å². The Kier molecular flexibility index (Phi) is 5.19. The Labute approximate surface area is 152 Å². The zero-order chi connectivity index (χ0) is 18.9. The molecule has 3 rings (SSSR count). The van der Waals surface area contributed by atoms with Gasteiger partial charge < -0.3 is 14.4 Å². The molecule has 0 N–H and O–H groups in total. The molecule has 0 unspecified atom stereocenters. The van der Waals surface area contributed by atoms with E-state index < -0.39 is 22.1 Å². The predicted octanol–water partition coefficient (Wildman–Crippen LogP) is 0.625. The van der Waals surface area contributed by atoms with E-state index in [9.17, 15) is 18.0 Å². The number of esters is 1. The summed E-state index contributed by atoms with van der Waals surface area (Å²) in [6.07, 6.45) is 1.20. The third-order valence-electron chi connectivity index (χ3n) is 4.78. The highest BCUT2D eigenvalue weighted by Gasteiger charge is 2.38. The summed E-state index contributed by atoms with van der Waals surface area (Å²) in [5.41, 5.74) is 0.614. The number of nitrogens with zero attached hydrogens (tertiary/aromatic N) is 2. The highest BCUT2D eigenvalue weighted by atomic mass is 32.2. The summed E-state index contributed by atoms with van der Waals surface area (Å²) in [5.74, 6) is -0.500. The van der Waals surface area contributed by atoms with Crippen molar-refractivity contribution in [2.45, 2.75) is 18.9 Å². The Morgan fingerprint density at radius 1 is 1.19 bits per heavy atom. The summed E-state index contributed by atoms with van der Waals surface area (Å²) in [5, 5.41) is 0. The Morgan fingerprint density at radius 2 is 1.85 bits per heavy atom. The second-order valence-electron chi connectivity index (χ2n) is 6.48. The summed E-state index contributed by atoms with van der Waals surface area (Å²) in [6.45, 7) is 0.720. The Balaban J connectivity index is 1.79. The standard InChI is InChI=1S/C17H22N2O6S/c1-24-17(21)15-11-19(13-5-3-4-6-14(13)25-15)16(20)12-7-9-18(10-8-12)26(2,22)23/h3-6,12,15H,7-11H2,1-2H3/t15-/m1/s1. The van der Waals surface area contributed by atoms with Crippen LogP contribution in [0.3, 0.4) is 0 Å². The minimum Gasteiger partial charge on any atom is -0.475 e. The van der Waals surface area contributed by atoms with Gasteiger partial charge in [-0.05, 0) is 25.0 Å². The van der Waals surface area contributed by atoms with Crippen LogP contribution in [0.1, 0.15) is 12.8 Å². The summed E-state index contributed by atoms with van der Waals surface area (Å²) in [7, 11) is -1.97. The molecular formula is C17H22N2O6S. The first-order valence-electron chi connectivity index (χ1n) is 8.41. The summed E-state index contributed by atoms with van der Waals surface area (Å²) in [6, 6.07) is 7.04. The van der Waals surface area contributed by atoms with E-state index in [1.807, 2.05) is 0 Å². The second-order valence-corrected chi connectivity index (χ2v) is 8.46. The van der Waals surface area contributed by atoms with Crippen molar-refractivity contribution in [1.29, 1.82) is 0 Å². The number of hydrogen-bond acceptors (Lipinski definition) is 6. The molecule has 142 valence electrons. The molecule has 0 radical (unpaired) electrons. The van der Waals surface area contributed by atoms with E-state index in [-0.39, 0.29) is 18.4 Å². The van der Waals surface area contributed by atoms with Crippen LogP contribution in [0, 0.1) is 5.92 Å². The van der Waals surface area contributed by atoms with Crippen LogP contribution < -0.4 is 9.64 Å². The van der Waals surface area contributed by atoms with Crippen LogP contribution in [0.5, 0.6) is 5.75 Å². The smallest absolute Gasteiger partial charge is 0.348 e. The zero-order valence-corrected chi connectivity index (χ0v) is 15.6. The van der Waals surface area contributed by atoms with E-state index >= 15 is 0 Å². The Morgan fingerprint density at radius 3 is 2.46 bits per heavy atom. The molecule has 0 spiro atoms. The molecule has 2 aliphatic rings. The number of rotatable bonds is 3. The molecule has 8 nitrogen and oxygen atoms in total. The van der Waals surface area contributed by atoms with Crippen molar-refractivity contribution < 1.29 is 27.5 Å². The first-order valence-corrected chi connectivity index (χ1v) is 10.3. The van der Waals surface area contributed by atoms with Gasteiger partial charge in [0, 0.05) is 19.0 Å². The number of methoxy groups -OCH3 is 1. The number of sulfonamides is 1. The van der Waals surface area contributed by atoms with Gasteiger partial charge in [0.1, 0.15) is 5.75 Å². The number of benzene rings is 1. The molecule has 2 aliphatic heterocycles. The van der Waals surface area contributed by atoms with Gasteiger partial charge in [0.2, 0.25) is 22.0 Å². The summed E-state index contributed by atoms with van der Waals surface area (Å²) >= 11 is 0. The van der Waals surface area contributed by atoms with Crippen molar-refractivity contribution >= 4 is 27.6 Å². The highest BCUT2D eigenvalue weighted by molar-refractivity contribution is 7.88. The summed E-state index contributed by atoms with van der Waals surface area (Å²) < 4.78 is 35.1. The lowest BCUT2D eigenvalue weighted by molar-refractivity contribution is -0.148. The van der Waals surface area contributed by atoms with E-state index in [0.717, 1.165) is 0 Å². The number of para-hydroxylation sites is 2. The number of ether oxygens (including phenoxy) is 2. The molecule has 0 bridgehead atoms. The van der Waals surface area contributed by atoms with E-state index in [1.54, 1.807) is 29.2 Å². The molecule has 1 fully saturated rings. The van der Waals surface area contributed by atoms with E-state index in [4.69, 9.17) is 9.47 Å². The van der Waals surface area contributed by atoms with E-state index in [0.29, 0.717) is 37.4 Å². The maximum absolute atomic E-state index is 13.1. The molecule has 1 amide bonds. The molecule has 26 heavy (non-hydrogen) atoms. The minimum absolute atomic E-state index is 0.0782. The summed E-state index contributed by atoms with van der Waals surface area (Å²) in [4.78, 5) is 26.6. The van der Waals surface area contributed by atoms with Crippen LogP contribution in [0.2, 0.25) is 0 Å². The van der Waals surface area contributed by atoms with Crippen LogP contribution in [0.25, 0.3) is 0 Å². The second kappa shape index (κ2) is 7.24. The lowest BCUT2D eigenvalue weighted by Crippen LogP contribution is -2.51. The number of amides is 1. The van der Waals surface area contributed by atoms with Gasteiger partial charge in [0.05, 0.1) is 25.6 Å². The number of carbonyl (C=O) groups excluding carboxylic acids is 2. The zero-order valence-electron chi connectivity index (χ0n) is 14.8. The number of hydrogen-bond donors (Lipinski definition) is 0. The van der Waals surface area contributed by atoms with Crippen LogP contribution in [-0.2, 0) is 24.3 Å². The molecule has 0 aliphatic carbocycles. The van der Waals surface area contributed by atoms with Gasteiger partial charge >= 0.3 is 5.97 Å².